The Balaban J connectivity index is 1.48. The van der Waals surface area contributed by atoms with Crippen molar-refractivity contribution in [3.05, 3.63) is 72.0 Å². The van der Waals surface area contributed by atoms with Crippen LogP contribution in [0, 0.1) is 5.82 Å². The number of halogens is 4. The highest BCUT2D eigenvalue weighted by Crippen LogP contribution is 2.37. The Kier molecular flexibility index (Phi) is 8.32. The van der Waals surface area contributed by atoms with Crippen LogP contribution in [0.4, 0.5) is 28.9 Å². The number of dihydropyridines is 1. The first kappa shape index (κ1) is 28.6. The molecule has 0 bridgehead atoms. The summed E-state index contributed by atoms with van der Waals surface area (Å²) in [5.41, 5.74) is -0.200. The van der Waals surface area contributed by atoms with Crippen LogP contribution in [0.3, 0.4) is 0 Å². The summed E-state index contributed by atoms with van der Waals surface area (Å²) >= 11 is 0. The van der Waals surface area contributed by atoms with Crippen molar-refractivity contribution in [3.63, 3.8) is 0 Å². The number of likely N-dealkylation sites (N-methyl/N-ethyl adjacent to an activating group) is 1. The number of hydrogen-bond acceptors (Lipinski definition) is 7. The second-order valence-electron chi connectivity index (χ2n) is 10.2. The van der Waals surface area contributed by atoms with E-state index in [1.54, 1.807) is 18.2 Å². The van der Waals surface area contributed by atoms with Gasteiger partial charge in [-0.2, -0.15) is 13.2 Å². The van der Waals surface area contributed by atoms with Gasteiger partial charge in [-0.05, 0) is 30.8 Å². The van der Waals surface area contributed by atoms with Gasteiger partial charge in [-0.1, -0.05) is 12.6 Å². The van der Waals surface area contributed by atoms with Crippen LogP contribution in [0.2, 0.25) is 0 Å². The molecule has 3 aliphatic heterocycles. The normalized spacial score (nSPS) is 18.9. The average molecular weight is 574 g/mol. The number of hydrogen-bond donors (Lipinski definition) is 2. The Morgan fingerprint density at radius 2 is 1.90 bits per heavy atom. The predicted molar refractivity (Wildman–Crippen MR) is 147 cm³/mol. The lowest BCUT2D eigenvalue weighted by Gasteiger charge is -2.35. The molecule has 0 unspecified atom stereocenters. The third kappa shape index (κ3) is 6.71. The van der Waals surface area contributed by atoms with E-state index in [1.807, 2.05) is 11.9 Å². The molecule has 2 saturated heterocycles. The van der Waals surface area contributed by atoms with Crippen molar-refractivity contribution in [2.75, 3.05) is 56.7 Å². The molecule has 2 fully saturated rings. The van der Waals surface area contributed by atoms with Crippen molar-refractivity contribution in [3.8, 4) is 17.0 Å². The topological polar surface area (TPSA) is 79.0 Å². The molecule has 12 heteroatoms. The van der Waals surface area contributed by atoms with Gasteiger partial charge in [0.05, 0.1) is 41.9 Å². The first-order valence-electron chi connectivity index (χ1n) is 13.3. The van der Waals surface area contributed by atoms with Crippen molar-refractivity contribution in [2.24, 2.45) is 0 Å². The van der Waals surface area contributed by atoms with Gasteiger partial charge in [0.25, 0.3) is 5.91 Å². The molecule has 0 radical (unpaired) electrons. The monoisotopic (exact) mass is 573 g/mol. The number of carbonyl (C=O) groups excluding carboxylic acids is 1. The van der Waals surface area contributed by atoms with Gasteiger partial charge in [-0.25, -0.2) is 9.37 Å². The maximum atomic E-state index is 15.0. The maximum absolute atomic E-state index is 15.0. The van der Waals surface area contributed by atoms with E-state index < -0.39 is 29.0 Å². The Morgan fingerprint density at radius 3 is 2.61 bits per heavy atom. The molecular weight excluding hydrogens is 542 g/mol. The lowest BCUT2D eigenvalue weighted by Crippen LogP contribution is -2.44. The summed E-state index contributed by atoms with van der Waals surface area (Å²) < 4.78 is 67.7. The van der Waals surface area contributed by atoms with Crippen LogP contribution >= 0.6 is 0 Å². The van der Waals surface area contributed by atoms with Gasteiger partial charge < -0.3 is 29.9 Å². The first-order chi connectivity index (χ1) is 19.6. The number of ether oxygens (including phenoxy) is 2. The van der Waals surface area contributed by atoms with E-state index >= 15 is 4.39 Å². The summed E-state index contributed by atoms with van der Waals surface area (Å²) in [5, 5.41) is 5.24. The third-order valence-electron chi connectivity index (χ3n) is 7.25. The number of piperazine rings is 1. The molecule has 2 aromatic rings. The van der Waals surface area contributed by atoms with Crippen LogP contribution in [-0.4, -0.2) is 74.5 Å². The molecule has 4 heterocycles. The van der Waals surface area contributed by atoms with Crippen LogP contribution in [0.1, 0.15) is 12.8 Å². The Labute approximate surface area is 235 Å². The molecule has 2 N–H and O–H groups in total. The van der Waals surface area contributed by atoms with E-state index in [-0.39, 0.29) is 28.9 Å². The fourth-order valence-corrected chi connectivity index (χ4v) is 4.94. The summed E-state index contributed by atoms with van der Waals surface area (Å²) in [6.45, 7) is 7.45. The summed E-state index contributed by atoms with van der Waals surface area (Å²) in [6.07, 6.45) is -0.637. The molecule has 0 aliphatic carbocycles. The highest BCUT2D eigenvalue weighted by molar-refractivity contribution is 6.09. The molecule has 8 nitrogen and oxygen atoms in total. The average Bonchev–Trinajstić information content (AvgIpc) is 2.94. The number of benzene rings is 1. The molecule has 3 aliphatic rings. The number of nitrogens with zero attached hydrogens (tertiary/aromatic N) is 3. The second-order valence-corrected chi connectivity index (χ2v) is 10.2. The molecule has 0 saturated carbocycles. The minimum atomic E-state index is -4.77. The largest absolute Gasteiger partial charge is 0.474 e. The van der Waals surface area contributed by atoms with E-state index in [9.17, 15) is 18.0 Å². The van der Waals surface area contributed by atoms with Crippen LogP contribution in [0.15, 0.2) is 66.2 Å². The maximum Gasteiger partial charge on any atom is 0.417 e. The van der Waals surface area contributed by atoms with Crippen LogP contribution < -0.4 is 20.3 Å². The summed E-state index contributed by atoms with van der Waals surface area (Å²) in [4.78, 5) is 21.5. The van der Waals surface area contributed by atoms with E-state index in [2.05, 4.69) is 27.1 Å². The Hall–Kier alpha value is -3.90. The minimum absolute atomic E-state index is 0.0148. The molecule has 218 valence electrons. The number of aromatic nitrogens is 1. The molecular formula is C29H31F4N5O3. The number of pyridine rings is 1. The highest BCUT2D eigenvalue weighted by atomic mass is 19.4. The van der Waals surface area contributed by atoms with Crippen molar-refractivity contribution >= 4 is 17.3 Å². The van der Waals surface area contributed by atoms with Gasteiger partial charge in [0, 0.05) is 62.5 Å². The molecule has 41 heavy (non-hydrogen) atoms. The summed E-state index contributed by atoms with van der Waals surface area (Å²) in [6, 6.07) is 6.51. The van der Waals surface area contributed by atoms with E-state index in [4.69, 9.17) is 9.47 Å². The van der Waals surface area contributed by atoms with Crippen LogP contribution in [0.5, 0.6) is 5.88 Å². The molecule has 0 spiro atoms. The zero-order chi connectivity index (χ0) is 29.1. The van der Waals surface area contributed by atoms with Crippen molar-refractivity contribution in [1.29, 1.82) is 0 Å². The number of anilines is 2. The van der Waals surface area contributed by atoms with Crippen molar-refractivity contribution in [1.82, 2.24) is 15.2 Å². The van der Waals surface area contributed by atoms with E-state index in [0.29, 0.717) is 50.4 Å². The van der Waals surface area contributed by atoms with Gasteiger partial charge >= 0.3 is 6.18 Å². The fraction of sp³-hybridized carbons (Fsp3) is 0.379. The molecule has 0 atom stereocenters. The fourth-order valence-electron chi connectivity index (χ4n) is 4.94. The van der Waals surface area contributed by atoms with E-state index in [0.717, 1.165) is 31.6 Å². The minimum Gasteiger partial charge on any atom is -0.474 e. The number of carbonyl (C=O) groups is 1. The van der Waals surface area contributed by atoms with Gasteiger partial charge in [0.2, 0.25) is 5.88 Å². The summed E-state index contributed by atoms with van der Waals surface area (Å²) in [5.74, 6) is -1.31. The predicted octanol–water partition coefficient (Wildman–Crippen LogP) is 4.63. The number of amides is 1. The van der Waals surface area contributed by atoms with Crippen LogP contribution in [0.25, 0.3) is 11.1 Å². The van der Waals surface area contributed by atoms with Crippen molar-refractivity contribution < 1.29 is 31.8 Å². The van der Waals surface area contributed by atoms with E-state index in [1.165, 1.54) is 6.07 Å². The van der Waals surface area contributed by atoms with Gasteiger partial charge in [-0.15, -0.1) is 0 Å². The third-order valence-corrected chi connectivity index (χ3v) is 7.25. The van der Waals surface area contributed by atoms with Gasteiger partial charge in [0.15, 0.2) is 0 Å². The van der Waals surface area contributed by atoms with Gasteiger partial charge in [-0.3, -0.25) is 4.79 Å². The standard InChI is InChI=1S/C29H31F4N5O3/c1-18-13-23(29(31,32)33)22(16-34-18)28(39)36-25-14-19(3-4-26(25)38-9-7-37(2)8-10-38)21-15-27(35-17-24(21)30)41-20-5-11-40-12-6-20/h3-4,13-17,20,34H,1,5-12H2,2H3,(H,36,39). The second kappa shape index (κ2) is 11.9. The zero-order valence-corrected chi connectivity index (χ0v) is 22.6. The SMILES string of the molecule is C=C1C=C(C(F)(F)F)C(C(=O)Nc2cc(-c3cc(OC4CCOCC4)ncc3F)ccc2N2CCN(C)CC2)=CN1. The molecule has 5 rings (SSSR count). The Bertz CT molecular complexity index is 1380. The summed E-state index contributed by atoms with van der Waals surface area (Å²) in [7, 11) is 2.00. The van der Waals surface area contributed by atoms with Gasteiger partial charge in [0.1, 0.15) is 11.9 Å². The molecule has 1 amide bonds. The van der Waals surface area contributed by atoms with Crippen molar-refractivity contribution in [2.45, 2.75) is 25.1 Å². The lowest BCUT2D eigenvalue weighted by molar-refractivity contribution is -0.115. The number of rotatable bonds is 6. The van der Waals surface area contributed by atoms with Crippen LogP contribution in [-0.2, 0) is 9.53 Å². The molecule has 1 aromatic heterocycles. The number of alkyl halides is 3. The Morgan fingerprint density at radius 1 is 1.17 bits per heavy atom. The smallest absolute Gasteiger partial charge is 0.417 e. The first-order valence-corrected chi connectivity index (χ1v) is 13.3. The number of allylic oxidation sites excluding steroid dienone is 1. The molecule has 1 aromatic carbocycles. The quantitative estimate of drug-likeness (QED) is 0.489. The highest BCUT2D eigenvalue weighted by Gasteiger charge is 2.40. The lowest BCUT2D eigenvalue weighted by atomic mass is 10.0. The zero-order valence-electron chi connectivity index (χ0n) is 22.6. The number of nitrogens with one attached hydrogen (secondary N) is 2.